The SMILES string of the molecule is CCCSc1nc2ccc(S(=O)(=O)N[C@@H](C(=O)O)C(C)C)cc2s1. The van der Waals surface area contributed by atoms with Crippen LogP contribution in [0.15, 0.2) is 27.4 Å². The number of hydrogen-bond acceptors (Lipinski definition) is 6. The molecule has 0 radical (unpaired) electrons. The minimum atomic E-state index is -3.91. The summed E-state index contributed by atoms with van der Waals surface area (Å²) in [5.41, 5.74) is 0.746. The fourth-order valence-corrected chi connectivity index (χ4v) is 5.48. The summed E-state index contributed by atoms with van der Waals surface area (Å²) in [6.07, 6.45) is 1.04. The Hall–Kier alpha value is -1.16. The zero-order valence-corrected chi connectivity index (χ0v) is 16.1. The molecule has 0 bridgehead atoms. The van der Waals surface area contributed by atoms with Gasteiger partial charge in [-0.25, -0.2) is 13.4 Å². The van der Waals surface area contributed by atoms with E-state index in [1.165, 1.54) is 17.4 Å². The van der Waals surface area contributed by atoms with Gasteiger partial charge in [0.05, 0.1) is 15.1 Å². The van der Waals surface area contributed by atoms with Crippen LogP contribution in [-0.2, 0) is 14.8 Å². The molecule has 1 aromatic carbocycles. The zero-order valence-electron chi connectivity index (χ0n) is 13.6. The van der Waals surface area contributed by atoms with Crippen molar-refractivity contribution in [3.05, 3.63) is 18.2 Å². The Labute approximate surface area is 149 Å². The second kappa shape index (κ2) is 7.81. The molecule has 0 aliphatic rings. The first-order chi connectivity index (χ1) is 11.2. The predicted octanol–water partition coefficient (Wildman–Crippen LogP) is 3.19. The van der Waals surface area contributed by atoms with E-state index >= 15 is 0 Å². The first-order valence-corrected chi connectivity index (χ1v) is 10.8. The lowest BCUT2D eigenvalue weighted by Crippen LogP contribution is -2.44. The first kappa shape index (κ1) is 19.2. The number of fused-ring (bicyclic) bond motifs is 1. The van der Waals surface area contributed by atoms with Crippen LogP contribution in [0.4, 0.5) is 0 Å². The van der Waals surface area contributed by atoms with Gasteiger partial charge in [0.2, 0.25) is 10.0 Å². The largest absolute Gasteiger partial charge is 0.480 e. The Morgan fingerprint density at radius 3 is 2.71 bits per heavy atom. The molecule has 0 aliphatic carbocycles. The summed E-state index contributed by atoms with van der Waals surface area (Å²) in [6, 6.07) is 3.49. The molecule has 2 rings (SSSR count). The van der Waals surface area contributed by atoms with Crippen molar-refractivity contribution in [2.75, 3.05) is 5.75 Å². The highest BCUT2D eigenvalue weighted by molar-refractivity contribution is 8.01. The number of nitrogens with one attached hydrogen (secondary N) is 1. The number of nitrogens with zero attached hydrogens (tertiary/aromatic N) is 1. The van der Waals surface area contributed by atoms with Gasteiger partial charge in [-0.1, -0.05) is 32.5 Å². The number of thiazole rings is 1. The van der Waals surface area contributed by atoms with Crippen molar-refractivity contribution in [2.24, 2.45) is 5.92 Å². The van der Waals surface area contributed by atoms with E-state index in [1.54, 1.807) is 37.7 Å². The molecule has 6 nitrogen and oxygen atoms in total. The molecule has 132 valence electrons. The second-order valence-corrected chi connectivity index (χ2v) is 9.73. The average molecular weight is 389 g/mol. The van der Waals surface area contributed by atoms with Crippen LogP contribution in [0.5, 0.6) is 0 Å². The van der Waals surface area contributed by atoms with E-state index in [9.17, 15) is 18.3 Å². The van der Waals surface area contributed by atoms with Crippen LogP contribution in [0.1, 0.15) is 27.2 Å². The molecule has 1 heterocycles. The van der Waals surface area contributed by atoms with Crippen LogP contribution in [0, 0.1) is 5.92 Å². The van der Waals surface area contributed by atoms with Gasteiger partial charge in [-0.15, -0.1) is 11.3 Å². The molecular weight excluding hydrogens is 368 g/mol. The van der Waals surface area contributed by atoms with Crippen molar-refractivity contribution in [3.63, 3.8) is 0 Å². The maximum Gasteiger partial charge on any atom is 0.322 e. The Balaban J connectivity index is 2.31. The van der Waals surface area contributed by atoms with Gasteiger partial charge in [0.1, 0.15) is 6.04 Å². The normalized spacial score (nSPS) is 13.5. The lowest BCUT2D eigenvalue weighted by molar-refractivity contribution is -0.140. The fourth-order valence-electron chi connectivity index (χ4n) is 2.01. The maximum absolute atomic E-state index is 12.5. The summed E-state index contributed by atoms with van der Waals surface area (Å²) >= 11 is 3.08. The number of sulfonamides is 1. The van der Waals surface area contributed by atoms with Crippen LogP contribution in [0.2, 0.25) is 0 Å². The first-order valence-electron chi connectivity index (χ1n) is 7.53. The van der Waals surface area contributed by atoms with Gasteiger partial charge in [-0.05, 0) is 30.5 Å². The molecule has 0 amide bonds. The van der Waals surface area contributed by atoms with Crippen LogP contribution in [0.3, 0.4) is 0 Å². The minimum Gasteiger partial charge on any atom is -0.480 e. The number of hydrogen-bond donors (Lipinski definition) is 2. The van der Waals surface area contributed by atoms with E-state index in [2.05, 4.69) is 16.6 Å². The molecule has 0 spiro atoms. The quantitative estimate of drug-likeness (QED) is 0.674. The van der Waals surface area contributed by atoms with Crippen molar-refractivity contribution in [1.29, 1.82) is 0 Å². The van der Waals surface area contributed by atoms with Crippen molar-refractivity contribution in [2.45, 2.75) is 42.5 Å². The Kier molecular flexibility index (Phi) is 6.24. The van der Waals surface area contributed by atoms with Crippen molar-refractivity contribution >= 4 is 49.3 Å². The number of thioether (sulfide) groups is 1. The molecule has 1 atom stereocenters. The van der Waals surface area contributed by atoms with E-state index in [0.717, 1.165) is 26.7 Å². The lowest BCUT2D eigenvalue weighted by atomic mass is 10.1. The summed E-state index contributed by atoms with van der Waals surface area (Å²) in [7, 11) is -3.91. The third kappa shape index (κ3) is 4.47. The van der Waals surface area contributed by atoms with Crippen molar-refractivity contribution < 1.29 is 18.3 Å². The summed E-state index contributed by atoms with van der Waals surface area (Å²) in [5.74, 6) is -0.589. The van der Waals surface area contributed by atoms with Crippen molar-refractivity contribution in [3.8, 4) is 0 Å². The van der Waals surface area contributed by atoms with E-state index in [4.69, 9.17) is 0 Å². The lowest BCUT2D eigenvalue weighted by Gasteiger charge is -2.17. The van der Waals surface area contributed by atoms with Gasteiger partial charge in [0, 0.05) is 5.75 Å². The number of carboxylic acids is 1. The van der Waals surface area contributed by atoms with Crippen LogP contribution in [-0.4, -0.2) is 36.3 Å². The highest BCUT2D eigenvalue weighted by atomic mass is 32.2. The van der Waals surface area contributed by atoms with Gasteiger partial charge in [-0.3, -0.25) is 4.79 Å². The third-order valence-electron chi connectivity index (χ3n) is 3.30. The number of carbonyl (C=O) groups is 1. The summed E-state index contributed by atoms with van der Waals surface area (Å²) < 4.78 is 28.9. The number of aromatic nitrogens is 1. The summed E-state index contributed by atoms with van der Waals surface area (Å²) in [6.45, 7) is 5.40. The molecular formula is C15H20N2O4S3. The Morgan fingerprint density at radius 2 is 2.12 bits per heavy atom. The summed E-state index contributed by atoms with van der Waals surface area (Å²) in [5, 5.41) is 9.17. The standard InChI is InChI=1S/C15H20N2O4S3/c1-4-7-22-15-16-11-6-5-10(8-12(11)23-15)24(20,21)17-13(9(2)3)14(18)19/h5-6,8-9,13,17H,4,7H2,1-3H3,(H,18,19)/t13-/m1/s1. The molecule has 0 saturated heterocycles. The van der Waals surface area contributed by atoms with Crippen molar-refractivity contribution in [1.82, 2.24) is 9.71 Å². The predicted molar refractivity (Wildman–Crippen MR) is 97.2 cm³/mol. The van der Waals surface area contributed by atoms with Gasteiger partial charge >= 0.3 is 5.97 Å². The van der Waals surface area contributed by atoms with Gasteiger partial charge < -0.3 is 5.11 Å². The highest BCUT2D eigenvalue weighted by Crippen LogP contribution is 2.31. The second-order valence-electron chi connectivity index (χ2n) is 5.64. The smallest absolute Gasteiger partial charge is 0.322 e. The zero-order chi connectivity index (χ0) is 17.9. The summed E-state index contributed by atoms with van der Waals surface area (Å²) in [4.78, 5) is 15.7. The van der Waals surface area contributed by atoms with E-state index in [1.807, 2.05) is 0 Å². The molecule has 1 aromatic heterocycles. The molecule has 0 aliphatic heterocycles. The number of carboxylic acid groups (broad SMARTS) is 1. The van der Waals surface area contributed by atoms with E-state index in [-0.39, 0.29) is 10.8 Å². The Bertz CT molecular complexity index is 830. The molecule has 0 unspecified atom stereocenters. The molecule has 2 N–H and O–H groups in total. The van der Waals surface area contributed by atoms with Gasteiger partial charge in [0.15, 0.2) is 4.34 Å². The molecule has 9 heteroatoms. The average Bonchev–Trinajstić information content (AvgIpc) is 2.92. The minimum absolute atomic E-state index is 0.0533. The molecule has 0 saturated carbocycles. The molecule has 0 fully saturated rings. The highest BCUT2D eigenvalue weighted by Gasteiger charge is 2.28. The Morgan fingerprint density at radius 1 is 1.42 bits per heavy atom. The van der Waals surface area contributed by atoms with Gasteiger partial charge in [0.25, 0.3) is 0 Å². The maximum atomic E-state index is 12.5. The number of aliphatic carboxylic acids is 1. The van der Waals surface area contributed by atoms with Gasteiger partial charge in [-0.2, -0.15) is 4.72 Å². The van der Waals surface area contributed by atoms with Crippen LogP contribution in [0.25, 0.3) is 10.2 Å². The molecule has 2 aromatic rings. The monoisotopic (exact) mass is 388 g/mol. The van der Waals surface area contributed by atoms with Crippen LogP contribution >= 0.6 is 23.1 Å². The number of benzene rings is 1. The third-order valence-corrected chi connectivity index (χ3v) is 7.10. The van der Waals surface area contributed by atoms with E-state index < -0.39 is 22.0 Å². The van der Waals surface area contributed by atoms with E-state index in [0.29, 0.717) is 0 Å². The topological polar surface area (TPSA) is 96.4 Å². The number of rotatable bonds is 8. The molecule has 24 heavy (non-hydrogen) atoms. The van der Waals surface area contributed by atoms with Crippen LogP contribution < -0.4 is 4.72 Å². The fraction of sp³-hybridized carbons (Fsp3) is 0.467.